The average Bonchev–Trinajstić information content (AvgIpc) is 1.94. The average molecular weight is 213 g/mol. The smallest absolute Gasteiger partial charge is 0.401 e. The minimum absolute atomic E-state index is 0.0137. The Labute approximate surface area is 80.5 Å². The van der Waals surface area contributed by atoms with Crippen molar-refractivity contribution in [1.82, 2.24) is 4.90 Å². The number of halogens is 3. The number of carbonyl (C=O) groups is 1. The lowest BCUT2D eigenvalue weighted by Gasteiger charge is -2.17. The molecule has 0 spiro atoms. The van der Waals surface area contributed by atoms with Crippen molar-refractivity contribution in [3.05, 3.63) is 0 Å². The van der Waals surface area contributed by atoms with Gasteiger partial charge in [-0.25, -0.2) is 0 Å². The number of carboxylic acid groups (broad SMARTS) is 1. The van der Waals surface area contributed by atoms with Gasteiger partial charge in [0, 0.05) is 6.42 Å². The van der Waals surface area contributed by atoms with Crippen LogP contribution in [0, 0.1) is 0 Å². The van der Waals surface area contributed by atoms with Gasteiger partial charge in [0.15, 0.2) is 0 Å². The van der Waals surface area contributed by atoms with Crippen LogP contribution in [0.25, 0.3) is 0 Å². The first kappa shape index (κ1) is 13.2. The van der Waals surface area contributed by atoms with E-state index in [1.54, 1.807) is 0 Å². The van der Waals surface area contributed by atoms with Crippen LogP contribution in [0.4, 0.5) is 13.2 Å². The van der Waals surface area contributed by atoms with Gasteiger partial charge in [0.2, 0.25) is 0 Å². The summed E-state index contributed by atoms with van der Waals surface area (Å²) in [5, 5.41) is 8.27. The lowest BCUT2D eigenvalue weighted by atomic mass is 10.2. The molecule has 84 valence electrons. The number of aliphatic carboxylic acids is 1. The lowest BCUT2D eigenvalue weighted by Crippen LogP contribution is -2.31. The van der Waals surface area contributed by atoms with Gasteiger partial charge in [-0.3, -0.25) is 9.69 Å². The van der Waals surface area contributed by atoms with Gasteiger partial charge in [-0.1, -0.05) is 0 Å². The summed E-state index contributed by atoms with van der Waals surface area (Å²) >= 11 is 0. The fourth-order valence-electron chi connectivity index (χ4n) is 1.04. The number of alkyl halides is 3. The van der Waals surface area contributed by atoms with Crippen LogP contribution < -0.4 is 0 Å². The Balaban J connectivity index is 3.45. The van der Waals surface area contributed by atoms with Gasteiger partial charge in [-0.05, 0) is 26.4 Å². The second-order valence-corrected chi connectivity index (χ2v) is 3.20. The maximum absolute atomic E-state index is 11.8. The Morgan fingerprint density at radius 2 is 1.93 bits per heavy atom. The molecule has 0 amide bonds. The van der Waals surface area contributed by atoms with E-state index in [0.717, 1.165) is 4.90 Å². The van der Waals surface area contributed by atoms with E-state index in [1.807, 2.05) is 0 Å². The van der Waals surface area contributed by atoms with Crippen molar-refractivity contribution in [3.8, 4) is 0 Å². The van der Waals surface area contributed by atoms with Crippen molar-refractivity contribution in [3.63, 3.8) is 0 Å². The summed E-state index contributed by atoms with van der Waals surface area (Å²) in [7, 11) is 1.37. The number of hydrogen-bond donors (Lipinski definition) is 1. The quantitative estimate of drug-likeness (QED) is 0.683. The molecule has 0 aliphatic heterocycles. The molecule has 0 aromatic carbocycles. The van der Waals surface area contributed by atoms with E-state index in [2.05, 4.69) is 0 Å². The number of nitrogens with zero attached hydrogens (tertiary/aromatic N) is 1. The molecular formula is C8H14F3NO2. The van der Waals surface area contributed by atoms with E-state index in [-0.39, 0.29) is 13.0 Å². The maximum atomic E-state index is 11.8. The van der Waals surface area contributed by atoms with Crippen LogP contribution in [0.2, 0.25) is 0 Å². The van der Waals surface area contributed by atoms with Crippen molar-refractivity contribution in [2.75, 3.05) is 20.1 Å². The highest BCUT2D eigenvalue weighted by molar-refractivity contribution is 5.66. The van der Waals surface area contributed by atoms with Crippen LogP contribution in [-0.4, -0.2) is 42.3 Å². The van der Waals surface area contributed by atoms with Crippen molar-refractivity contribution in [2.45, 2.75) is 25.4 Å². The summed E-state index contributed by atoms with van der Waals surface area (Å²) in [6, 6.07) is 0. The highest BCUT2D eigenvalue weighted by Crippen LogP contribution is 2.15. The normalized spacial score (nSPS) is 12.1. The van der Waals surface area contributed by atoms with Crippen LogP contribution in [0.3, 0.4) is 0 Å². The number of carboxylic acids is 1. The molecule has 14 heavy (non-hydrogen) atoms. The fourth-order valence-corrected chi connectivity index (χ4v) is 1.04. The Hall–Kier alpha value is -0.780. The van der Waals surface area contributed by atoms with Crippen LogP contribution in [0.1, 0.15) is 19.3 Å². The molecular weight excluding hydrogens is 199 g/mol. The number of rotatable bonds is 6. The largest absolute Gasteiger partial charge is 0.481 e. The first-order valence-corrected chi connectivity index (χ1v) is 4.28. The van der Waals surface area contributed by atoms with Crippen molar-refractivity contribution >= 4 is 5.97 Å². The third-order valence-electron chi connectivity index (χ3n) is 1.63. The van der Waals surface area contributed by atoms with Crippen LogP contribution in [0.5, 0.6) is 0 Å². The van der Waals surface area contributed by atoms with Gasteiger partial charge in [-0.15, -0.1) is 0 Å². The standard InChI is InChI=1S/C8H14F3NO2/c1-12(6-8(9,10)11)5-3-2-4-7(13)14/h2-6H2,1H3,(H,13,14). The first-order chi connectivity index (χ1) is 6.31. The Morgan fingerprint density at radius 3 is 2.36 bits per heavy atom. The van der Waals surface area contributed by atoms with Crippen molar-refractivity contribution in [1.29, 1.82) is 0 Å². The van der Waals surface area contributed by atoms with E-state index in [0.29, 0.717) is 12.8 Å². The monoisotopic (exact) mass is 213 g/mol. The molecule has 0 aromatic rings. The van der Waals surface area contributed by atoms with E-state index < -0.39 is 18.7 Å². The lowest BCUT2D eigenvalue weighted by molar-refractivity contribution is -0.143. The highest BCUT2D eigenvalue weighted by Gasteiger charge is 2.28. The molecule has 0 atom stereocenters. The van der Waals surface area contributed by atoms with Crippen LogP contribution in [0.15, 0.2) is 0 Å². The van der Waals surface area contributed by atoms with Crippen LogP contribution >= 0.6 is 0 Å². The summed E-state index contributed by atoms with van der Waals surface area (Å²) in [6.45, 7) is -0.674. The van der Waals surface area contributed by atoms with Gasteiger partial charge < -0.3 is 5.11 Å². The Bertz CT molecular complexity index is 182. The third kappa shape index (κ3) is 9.31. The summed E-state index contributed by atoms with van der Waals surface area (Å²) in [6.07, 6.45) is -3.28. The van der Waals surface area contributed by atoms with E-state index in [1.165, 1.54) is 7.05 Å². The van der Waals surface area contributed by atoms with Gasteiger partial charge in [0.1, 0.15) is 0 Å². The zero-order chi connectivity index (χ0) is 11.2. The second kappa shape index (κ2) is 5.85. The molecule has 1 N–H and O–H groups in total. The predicted octanol–water partition coefficient (Wildman–Crippen LogP) is 1.74. The summed E-state index contributed by atoms with van der Waals surface area (Å²) in [5.74, 6) is -0.913. The molecule has 0 rings (SSSR count). The Morgan fingerprint density at radius 1 is 1.36 bits per heavy atom. The SMILES string of the molecule is CN(CCCCC(=O)O)CC(F)(F)F. The molecule has 0 heterocycles. The summed E-state index contributed by atoms with van der Waals surface area (Å²) in [5.41, 5.74) is 0. The van der Waals surface area contributed by atoms with Gasteiger partial charge in [-0.2, -0.15) is 13.2 Å². The molecule has 0 unspecified atom stereocenters. The zero-order valence-electron chi connectivity index (χ0n) is 7.97. The zero-order valence-corrected chi connectivity index (χ0v) is 7.97. The van der Waals surface area contributed by atoms with E-state index in [4.69, 9.17) is 5.11 Å². The fraction of sp³-hybridized carbons (Fsp3) is 0.875. The van der Waals surface area contributed by atoms with E-state index in [9.17, 15) is 18.0 Å². The molecule has 6 heteroatoms. The molecule has 0 aliphatic rings. The molecule has 0 aromatic heterocycles. The minimum atomic E-state index is -4.18. The molecule has 0 saturated carbocycles. The maximum Gasteiger partial charge on any atom is 0.401 e. The molecule has 0 fully saturated rings. The van der Waals surface area contributed by atoms with Crippen molar-refractivity contribution in [2.24, 2.45) is 0 Å². The molecule has 0 bridgehead atoms. The third-order valence-corrected chi connectivity index (χ3v) is 1.63. The minimum Gasteiger partial charge on any atom is -0.481 e. The topological polar surface area (TPSA) is 40.5 Å². The van der Waals surface area contributed by atoms with E-state index >= 15 is 0 Å². The molecule has 3 nitrogen and oxygen atoms in total. The van der Waals surface area contributed by atoms with Gasteiger partial charge >= 0.3 is 12.1 Å². The van der Waals surface area contributed by atoms with Crippen LogP contribution in [-0.2, 0) is 4.79 Å². The van der Waals surface area contributed by atoms with Gasteiger partial charge in [0.25, 0.3) is 0 Å². The molecule has 0 aliphatic carbocycles. The number of unbranched alkanes of at least 4 members (excludes halogenated alkanes) is 1. The first-order valence-electron chi connectivity index (χ1n) is 4.28. The van der Waals surface area contributed by atoms with Crippen molar-refractivity contribution < 1.29 is 23.1 Å². The summed E-state index contributed by atoms with van der Waals surface area (Å²) in [4.78, 5) is 11.2. The van der Waals surface area contributed by atoms with Gasteiger partial charge in [0.05, 0.1) is 6.54 Å². The molecule has 0 saturated heterocycles. The number of hydrogen-bond acceptors (Lipinski definition) is 2. The summed E-state index contributed by atoms with van der Waals surface area (Å²) < 4.78 is 35.4. The Kier molecular flexibility index (Phi) is 5.52. The highest BCUT2D eigenvalue weighted by atomic mass is 19.4. The molecule has 0 radical (unpaired) electrons. The predicted molar refractivity (Wildman–Crippen MR) is 45.0 cm³/mol. The second-order valence-electron chi connectivity index (χ2n) is 3.20.